The standard InChI is InChI=1S/C26H25NO3/c1-27(2)19-8-6-16(7-9-19)24-20(11-15-3-10-21-22(12-15)30-14-29-21)23-17-4-5-18(13-17)25(23)26(24)28/h3-10,12,17-18,23,25H,11,13-14H2,1-2H3/t17-,18+,23-,25-/m1/s1. The maximum atomic E-state index is 13.6. The number of ether oxygens (including phenoxy) is 2. The Morgan fingerprint density at radius 2 is 1.67 bits per heavy atom. The molecule has 6 rings (SSSR count). The molecule has 30 heavy (non-hydrogen) atoms. The molecule has 2 aromatic carbocycles. The fourth-order valence-electron chi connectivity index (χ4n) is 5.88. The van der Waals surface area contributed by atoms with E-state index in [2.05, 4.69) is 53.5 Å². The Bertz CT molecular complexity index is 1100. The summed E-state index contributed by atoms with van der Waals surface area (Å²) in [6, 6.07) is 14.6. The number of anilines is 1. The fraction of sp³-hybridized carbons (Fsp3) is 0.346. The second kappa shape index (κ2) is 6.49. The SMILES string of the molecule is CN(C)c1ccc(C2=C(Cc3ccc4c(c3)OCO4)[C@@H]3[C@H](C2=O)[C@H]2C=C[C@@H]3C2)cc1. The van der Waals surface area contributed by atoms with Crippen molar-refractivity contribution in [3.05, 3.63) is 71.3 Å². The van der Waals surface area contributed by atoms with Crippen LogP contribution in [0, 0.1) is 23.7 Å². The van der Waals surface area contributed by atoms with E-state index in [4.69, 9.17) is 9.47 Å². The maximum Gasteiger partial charge on any atom is 0.231 e. The lowest BCUT2D eigenvalue weighted by Gasteiger charge is -2.22. The molecule has 152 valence electrons. The Kier molecular flexibility index (Phi) is 3.86. The van der Waals surface area contributed by atoms with Gasteiger partial charge in [-0.1, -0.05) is 30.4 Å². The number of ketones is 1. The predicted octanol–water partition coefficient (Wildman–Crippen LogP) is 4.50. The van der Waals surface area contributed by atoms with Crippen molar-refractivity contribution in [2.45, 2.75) is 12.8 Å². The molecule has 0 saturated heterocycles. The van der Waals surface area contributed by atoms with Crippen LogP contribution in [0.5, 0.6) is 11.5 Å². The first kappa shape index (κ1) is 17.8. The topological polar surface area (TPSA) is 38.8 Å². The molecule has 0 radical (unpaired) electrons. The average Bonchev–Trinajstić information content (AvgIpc) is 3.51. The van der Waals surface area contributed by atoms with Gasteiger partial charge in [-0.25, -0.2) is 0 Å². The van der Waals surface area contributed by atoms with Crippen molar-refractivity contribution in [1.82, 2.24) is 0 Å². The quantitative estimate of drug-likeness (QED) is 0.710. The van der Waals surface area contributed by atoms with Gasteiger partial charge in [0.1, 0.15) is 0 Å². The molecule has 0 N–H and O–H groups in total. The summed E-state index contributed by atoms with van der Waals surface area (Å²) in [5, 5.41) is 0. The predicted molar refractivity (Wildman–Crippen MR) is 117 cm³/mol. The lowest BCUT2D eigenvalue weighted by molar-refractivity contribution is -0.117. The number of hydrogen-bond acceptors (Lipinski definition) is 4. The third-order valence-electron chi connectivity index (χ3n) is 7.24. The van der Waals surface area contributed by atoms with Crippen molar-refractivity contribution in [3.8, 4) is 11.5 Å². The lowest BCUT2D eigenvalue weighted by atomic mass is 9.80. The van der Waals surface area contributed by atoms with Crippen LogP contribution in [0.4, 0.5) is 5.69 Å². The summed E-state index contributed by atoms with van der Waals surface area (Å²) in [5.41, 5.74) is 5.63. The van der Waals surface area contributed by atoms with Crippen LogP contribution >= 0.6 is 0 Å². The van der Waals surface area contributed by atoms with Crippen molar-refractivity contribution in [2.75, 3.05) is 25.8 Å². The Balaban J connectivity index is 1.44. The number of carbonyl (C=O) groups is 1. The Hall–Kier alpha value is -3.01. The molecule has 4 heteroatoms. The molecule has 3 aliphatic carbocycles. The summed E-state index contributed by atoms with van der Waals surface area (Å²) in [6.07, 6.45) is 6.53. The molecular formula is C26H25NO3. The van der Waals surface area contributed by atoms with Gasteiger partial charge < -0.3 is 14.4 Å². The Morgan fingerprint density at radius 3 is 2.43 bits per heavy atom. The zero-order valence-corrected chi connectivity index (χ0v) is 17.3. The van der Waals surface area contributed by atoms with Gasteiger partial charge >= 0.3 is 0 Å². The summed E-state index contributed by atoms with van der Waals surface area (Å²) in [5.74, 6) is 3.29. The highest BCUT2D eigenvalue weighted by molar-refractivity contribution is 6.25. The van der Waals surface area contributed by atoms with Gasteiger partial charge in [-0.3, -0.25) is 4.79 Å². The van der Waals surface area contributed by atoms with E-state index in [9.17, 15) is 4.79 Å². The van der Waals surface area contributed by atoms with Crippen LogP contribution in [-0.2, 0) is 11.2 Å². The van der Waals surface area contributed by atoms with Crippen LogP contribution < -0.4 is 14.4 Å². The number of nitrogens with zero attached hydrogens (tertiary/aromatic N) is 1. The molecule has 1 fully saturated rings. The molecule has 4 nitrogen and oxygen atoms in total. The van der Waals surface area contributed by atoms with Crippen LogP contribution in [0.2, 0.25) is 0 Å². The third-order valence-corrected chi connectivity index (χ3v) is 7.24. The van der Waals surface area contributed by atoms with E-state index in [0.717, 1.165) is 41.2 Å². The van der Waals surface area contributed by atoms with E-state index in [1.54, 1.807) is 0 Å². The lowest BCUT2D eigenvalue weighted by Crippen LogP contribution is -2.22. The third kappa shape index (κ3) is 2.56. The summed E-state index contributed by atoms with van der Waals surface area (Å²) in [7, 11) is 4.07. The molecule has 0 amide bonds. The first-order valence-corrected chi connectivity index (χ1v) is 10.7. The van der Waals surface area contributed by atoms with Crippen molar-refractivity contribution in [1.29, 1.82) is 0 Å². The van der Waals surface area contributed by atoms with Gasteiger partial charge in [-0.15, -0.1) is 0 Å². The monoisotopic (exact) mass is 399 g/mol. The van der Waals surface area contributed by atoms with Gasteiger partial charge in [0.2, 0.25) is 6.79 Å². The second-order valence-corrected chi connectivity index (χ2v) is 9.07. The van der Waals surface area contributed by atoms with Crippen LogP contribution in [0.3, 0.4) is 0 Å². The van der Waals surface area contributed by atoms with Crippen molar-refractivity contribution >= 4 is 17.0 Å². The van der Waals surface area contributed by atoms with E-state index < -0.39 is 0 Å². The van der Waals surface area contributed by atoms with Gasteiger partial charge in [0.05, 0.1) is 0 Å². The minimum Gasteiger partial charge on any atom is -0.454 e. The zero-order valence-electron chi connectivity index (χ0n) is 17.3. The molecule has 1 heterocycles. The summed E-state index contributed by atoms with van der Waals surface area (Å²) in [4.78, 5) is 15.7. The molecule has 4 atom stereocenters. The average molecular weight is 399 g/mol. The van der Waals surface area contributed by atoms with E-state index in [1.807, 2.05) is 20.2 Å². The first-order valence-electron chi connectivity index (χ1n) is 10.7. The number of Topliss-reactive ketones (excluding diaryl/α,β-unsaturated/α-hetero) is 1. The molecule has 1 aliphatic heterocycles. The van der Waals surface area contributed by atoms with Crippen molar-refractivity contribution in [2.24, 2.45) is 23.7 Å². The van der Waals surface area contributed by atoms with Crippen LogP contribution in [0.1, 0.15) is 17.5 Å². The Morgan fingerprint density at radius 1 is 0.933 bits per heavy atom. The molecular weight excluding hydrogens is 374 g/mol. The highest BCUT2D eigenvalue weighted by Gasteiger charge is 2.54. The largest absolute Gasteiger partial charge is 0.454 e. The number of allylic oxidation sites excluding steroid dienone is 4. The fourth-order valence-corrected chi connectivity index (χ4v) is 5.88. The summed E-state index contributed by atoms with van der Waals surface area (Å²) in [6.45, 7) is 0.280. The minimum absolute atomic E-state index is 0.118. The van der Waals surface area contributed by atoms with Gasteiger partial charge in [0, 0.05) is 31.3 Å². The first-order chi connectivity index (χ1) is 14.6. The smallest absolute Gasteiger partial charge is 0.231 e. The van der Waals surface area contributed by atoms with Crippen LogP contribution in [-0.4, -0.2) is 26.7 Å². The zero-order chi connectivity index (χ0) is 20.4. The Labute approximate surface area is 176 Å². The second-order valence-electron chi connectivity index (χ2n) is 9.07. The van der Waals surface area contributed by atoms with E-state index in [-0.39, 0.29) is 12.7 Å². The molecule has 0 aromatic heterocycles. The molecule has 4 aliphatic rings. The number of carbonyl (C=O) groups excluding carboxylic acids is 1. The van der Waals surface area contributed by atoms with Gasteiger partial charge in [-0.05, 0) is 71.6 Å². The summed E-state index contributed by atoms with van der Waals surface area (Å²) >= 11 is 0. The molecule has 2 bridgehead atoms. The number of benzene rings is 2. The van der Waals surface area contributed by atoms with Crippen LogP contribution in [0.15, 0.2) is 60.2 Å². The number of rotatable bonds is 4. The van der Waals surface area contributed by atoms with E-state index in [0.29, 0.717) is 23.5 Å². The molecule has 2 aromatic rings. The van der Waals surface area contributed by atoms with Gasteiger partial charge in [0.15, 0.2) is 17.3 Å². The highest BCUT2D eigenvalue weighted by Crippen LogP contribution is 2.58. The van der Waals surface area contributed by atoms with Gasteiger partial charge in [-0.2, -0.15) is 0 Å². The normalized spacial score (nSPS) is 27.9. The van der Waals surface area contributed by atoms with E-state index in [1.165, 1.54) is 11.1 Å². The number of hydrogen-bond donors (Lipinski definition) is 0. The number of fused-ring (bicyclic) bond motifs is 6. The van der Waals surface area contributed by atoms with E-state index >= 15 is 0 Å². The summed E-state index contributed by atoms with van der Waals surface area (Å²) < 4.78 is 11.1. The maximum absolute atomic E-state index is 13.6. The van der Waals surface area contributed by atoms with Crippen LogP contribution in [0.25, 0.3) is 5.57 Å². The minimum atomic E-state index is 0.118. The molecule has 0 unspecified atom stereocenters. The van der Waals surface area contributed by atoms with Gasteiger partial charge in [0.25, 0.3) is 0 Å². The highest BCUT2D eigenvalue weighted by atomic mass is 16.7. The molecule has 0 spiro atoms. The van der Waals surface area contributed by atoms with Crippen molar-refractivity contribution < 1.29 is 14.3 Å². The molecule has 1 saturated carbocycles. The van der Waals surface area contributed by atoms with Crippen molar-refractivity contribution in [3.63, 3.8) is 0 Å².